The quantitative estimate of drug-likeness (QED) is 0.179. The molecule has 6 aromatic rings. The summed E-state index contributed by atoms with van der Waals surface area (Å²) in [6.07, 6.45) is 23.1. The van der Waals surface area contributed by atoms with Crippen molar-refractivity contribution in [3.8, 4) is 16.8 Å². The number of rotatable bonds is 3. The molecule has 3 aliphatic carbocycles. The number of nitrogens with zero attached hydrogens (tertiary/aromatic N) is 3. The van der Waals surface area contributed by atoms with E-state index in [1.807, 2.05) is 11.8 Å². The highest BCUT2D eigenvalue weighted by atomic mass is 32.2. The Morgan fingerprint density at radius 2 is 1.32 bits per heavy atom. The Morgan fingerprint density at radius 3 is 2.23 bits per heavy atom. The summed E-state index contributed by atoms with van der Waals surface area (Å²) >= 11 is 2.01. The molecule has 0 saturated carbocycles. The Bertz CT molecular complexity index is 2730. The minimum absolute atomic E-state index is 0.135. The fraction of sp³-hybridized carbons (Fsp3) is 0.154. The van der Waals surface area contributed by atoms with Gasteiger partial charge in [0.1, 0.15) is 0 Å². The van der Waals surface area contributed by atoms with Gasteiger partial charge >= 0.3 is 0 Å². The highest BCUT2D eigenvalue weighted by Crippen LogP contribution is 2.61. The molecule has 0 spiro atoms. The first-order valence-electron chi connectivity index (χ1n) is 20.2. The Labute approximate surface area is 333 Å². The lowest BCUT2D eigenvalue weighted by molar-refractivity contribution is 0.635. The summed E-state index contributed by atoms with van der Waals surface area (Å²) in [5.41, 5.74) is 18.8. The maximum atomic E-state index is 2.66. The second-order valence-electron chi connectivity index (χ2n) is 15.7. The number of hydrogen-bond acceptors (Lipinski definition) is 3. The molecule has 0 bridgehead atoms. The van der Waals surface area contributed by atoms with Crippen LogP contribution in [0.3, 0.4) is 0 Å². The van der Waals surface area contributed by atoms with Crippen molar-refractivity contribution in [2.75, 3.05) is 9.80 Å². The number of benzene rings is 5. The molecule has 1 aromatic heterocycles. The van der Waals surface area contributed by atoms with Crippen molar-refractivity contribution in [2.45, 2.75) is 53.7 Å². The molecule has 4 heteroatoms. The minimum atomic E-state index is 0.135. The van der Waals surface area contributed by atoms with Gasteiger partial charge < -0.3 is 14.4 Å². The van der Waals surface area contributed by atoms with Gasteiger partial charge in [0.25, 0.3) is 0 Å². The summed E-state index contributed by atoms with van der Waals surface area (Å²) in [6.45, 7) is 0. The Balaban J connectivity index is 1.09. The molecule has 4 heterocycles. The van der Waals surface area contributed by atoms with Crippen LogP contribution in [0, 0.1) is 0 Å². The van der Waals surface area contributed by atoms with Crippen LogP contribution in [0.4, 0.5) is 22.7 Å². The van der Waals surface area contributed by atoms with Crippen molar-refractivity contribution >= 4 is 40.6 Å². The summed E-state index contributed by atoms with van der Waals surface area (Å²) < 4.78 is 2.66. The molecule has 0 N–H and O–H groups in total. The first kappa shape index (κ1) is 32.3. The van der Waals surface area contributed by atoms with Crippen molar-refractivity contribution in [3.05, 3.63) is 209 Å². The Morgan fingerprint density at radius 1 is 0.607 bits per heavy atom. The topological polar surface area (TPSA) is 11.4 Å². The molecule has 0 amide bonds. The SMILES string of the molecule is C1=CC2Sc3ccccc3-c3c4c(n(-c5cccc(N6c7ccccc7C7C8=C(C=CCC8)N(c8ccccc8)C7c7ccccc76)c5)c3C2C=C1)CCC=C4. The van der Waals surface area contributed by atoms with E-state index in [2.05, 4.69) is 190 Å². The van der Waals surface area contributed by atoms with E-state index < -0.39 is 0 Å². The molecule has 3 aliphatic heterocycles. The van der Waals surface area contributed by atoms with Gasteiger partial charge in [-0.1, -0.05) is 121 Å². The predicted octanol–water partition coefficient (Wildman–Crippen LogP) is 13.5. The number of aromatic nitrogens is 1. The lowest BCUT2D eigenvalue weighted by Gasteiger charge is -2.33. The molecule has 6 aliphatic rings. The normalized spacial score (nSPS) is 22.2. The third-order valence-corrected chi connectivity index (χ3v) is 14.1. The highest BCUT2D eigenvalue weighted by Gasteiger charge is 2.47. The second kappa shape index (κ2) is 12.8. The smallest absolute Gasteiger partial charge is 0.0719 e. The molecule has 5 aromatic carbocycles. The third kappa shape index (κ3) is 4.72. The summed E-state index contributed by atoms with van der Waals surface area (Å²) in [5, 5.41) is 0.329. The van der Waals surface area contributed by atoms with E-state index in [1.165, 1.54) is 78.2 Å². The predicted molar refractivity (Wildman–Crippen MR) is 234 cm³/mol. The number of allylic oxidation sites excluding steroid dienone is 6. The number of para-hydroxylation sites is 3. The second-order valence-corrected chi connectivity index (χ2v) is 16.9. The summed E-state index contributed by atoms with van der Waals surface area (Å²) in [4.78, 5) is 6.58. The zero-order valence-electron chi connectivity index (χ0n) is 31.1. The molecular formula is C52H41N3S. The van der Waals surface area contributed by atoms with Crippen molar-refractivity contribution in [2.24, 2.45) is 0 Å². The summed E-state index contributed by atoms with van der Waals surface area (Å²) in [7, 11) is 0. The van der Waals surface area contributed by atoms with E-state index in [0.717, 1.165) is 25.7 Å². The lowest BCUT2D eigenvalue weighted by Crippen LogP contribution is -2.25. The van der Waals surface area contributed by atoms with Gasteiger partial charge in [0.2, 0.25) is 0 Å². The first-order valence-corrected chi connectivity index (χ1v) is 21.1. The maximum absolute atomic E-state index is 2.66. The summed E-state index contributed by atoms with van der Waals surface area (Å²) in [5.74, 6) is 0.491. The van der Waals surface area contributed by atoms with Gasteiger partial charge in [-0.15, -0.1) is 11.8 Å². The van der Waals surface area contributed by atoms with Crippen molar-refractivity contribution in [3.63, 3.8) is 0 Å². The number of hydrogen-bond donors (Lipinski definition) is 0. The number of fused-ring (bicyclic) bond motifs is 13. The largest absolute Gasteiger partial charge is 0.333 e. The van der Waals surface area contributed by atoms with Crippen LogP contribution < -0.4 is 9.80 Å². The standard InChI is InChI=1S/C52H41N3S/c1-2-17-34(18-3-1)54-44-28-11-5-22-38(44)49-37-21-4-10-27-43(37)53(46-30-13-7-24-40(46)51(49)54)35-19-16-20-36(33-35)55-45-29-12-6-23-39(45)50-41-25-8-14-31-47(41)56-48-32-15-9-26-42(48)52(50)55/h1-4,6-11,13-21,23-28,30-33,42,48-49,51H,5,12,22,29H2. The van der Waals surface area contributed by atoms with Crippen molar-refractivity contribution in [1.29, 1.82) is 0 Å². The molecule has 4 unspecified atom stereocenters. The van der Waals surface area contributed by atoms with Crippen LogP contribution in [0.1, 0.15) is 65.2 Å². The average Bonchev–Trinajstić information content (AvgIpc) is 3.69. The molecule has 3 nitrogen and oxygen atoms in total. The molecule has 0 fully saturated rings. The average molecular weight is 740 g/mol. The Hall–Kier alpha value is -5.97. The number of thioether (sulfide) groups is 1. The minimum Gasteiger partial charge on any atom is -0.333 e. The maximum Gasteiger partial charge on any atom is 0.0719 e. The van der Waals surface area contributed by atoms with Crippen LogP contribution in [-0.4, -0.2) is 9.82 Å². The summed E-state index contributed by atoms with van der Waals surface area (Å²) in [6, 6.07) is 48.1. The van der Waals surface area contributed by atoms with Gasteiger partial charge in [0, 0.05) is 67.3 Å². The van der Waals surface area contributed by atoms with Crippen molar-refractivity contribution in [1.82, 2.24) is 4.57 Å². The fourth-order valence-corrected chi connectivity index (χ4v) is 11.9. The fourth-order valence-electron chi connectivity index (χ4n) is 10.6. The molecular weight excluding hydrogens is 699 g/mol. The molecule has 0 radical (unpaired) electrons. The van der Waals surface area contributed by atoms with Gasteiger partial charge in [-0.3, -0.25) is 0 Å². The van der Waals surface area contributed by atoms with E-state index in [1.54, 1.807) is 5.57 Å². The van der Waals surface area contributed by atoms with Gasteiger partial charge in [-0.2, -0.15) is 0 Å². The highest BCUT2D eigenvalue weighted by molar-refractivity contribution is 8.00. The molecule has 56 heavy (non-hydrogen) atoms. The third-order valence-electron chi connectivity index (χ3n) is 12.8. The van der Waals surface area contributed by atoms with Crippen LogP contribution in [0.25, 0.3) is 22.9 Å². The van der Waals surface area contributed by atoms with Crippen LogP contribution in [0.15, 0.2) is 186 Å². The van der Waals surface area contributed by atoms with Crippen LogP contribution in [0.2, 0.25) is 0 Å². The van der Waals surface area contributed by atoms with Gasteiger partial charge in [-0.25, -0.2) is 0 Å². The molecule has 270 valence electrons. The molecule has 4 atom stereocenters. The molecule has 12 rings (SSSR count). The van der Waals surface area contributed by atoms with E-state index in [0.29, 0.717) is 5.25 Å². The lowest BCUT2D eigenvalue weighted by atomic mass is 9.81. The number of anilines is 4. The molecule has 0 saturated heterocycles. The van der Waals surface area contributed by atoms with Gasteiger partial charge in [0.05, 0.1) is 17.4 Å². The van der Waals surface area contributed by atoms with Crippen LogP contribution in [0.5, 0.6) is 0 Å². The Kier molecular flexibility index (Phi) is 7.38. The van der Waals surface area contributed by atoms with Crippen molar-refractivity contribution < 1.29 is 0 Å². The monoisotopic (exact) mass is 739 g/mol. The van der Waals surface area contributed by atoms with E-state index in [4.69, 9.17) is 0 Å². The first-order chi connectivity index (χ1) is 27.8. The zero-order chi connectivity index (χ0) is 36.7. The van der Waals surface area contributed by atoms with Gasteiger partial charge in [-0.05, 0) is 103 Å². The van der Waals surface area contributed by atoms with Gasteiger partial charge in [0.15, 0.2) is 0 Å². The van der Waals surface area contributed by atoms with E-state index >= 15 is 0 Å². The van der Waals surface area contributed by atoms with E-state index in [-0.39, 0.29) is 17.9 Å². The van der Waals surface area contributed by atoms with E-state index in [9.17, 15) is 0 Å². The van der Waals surface area contributed by atoms with Crippen LogP contribution in [-0.2, 0) is 6.42 Å². The van der Waals surface area contributed by atoms with Crippen LogP contribution >= 0.6 is 11.8 Å². The zero-order valence-corrected chi connectivity index (χ0v) is 31.9.